The van der Waals surface area contributed by atoms with Crippen molar-refractivity contribution in [1.29, 1.82) is 5.41 Å². The van der Waals surface area contributed by atoms with E-state index in [2.05, 4.69) is 56.8 Å². The highest BCUT2D eigenvalue weighted by molar-refractivity contribution is 8.07. The lowest BCUT2D eigenvalue weighted by molar-refractivity contribution is 0.217. The smallest absolute Gasteiger partial charge is 0.229 e. The van der Waals surface area contributed by atoms with E-state index >= 15 is 0 Å². The number of likely N-dealkylation sites (tertiary alicyclic amines) is 1. The standard InChI is InChI=1S/C28H40ClN7O3S/c1-6-36-11-7-8-19(16-36)21-13-25(39-20-9-10-20)23(12-18(21)4)34-28-32-14-22(29)27(35-28)33-24(15-31-5)26(30)40(37,38)17(2)3/h12-15,17,19-20,30-31H,6-11,16H2,1-5H3,(H2,32,33,34,35)/b24-15+,30-26?. The van der Waals surface area contributed by atoms with Crippen molar-refractivity contribution in [2.45, 2.75) is 70.7 Å². The first-order chi connectivity index (χ1) is 19.0. The molecule has 218 valence electrons. The molecule has 1 aromatic heterocycles. The van der Waals surface area contributed by atoms with Gasteiger partial charge in [0.05, 0.1) is 28.9 Å². The number of nitrogens with zero attached hydrogens (tertiary/aromatic N) is 3. The summed E-state index contributed by atoms with van der Waals surface area (Å²) in [6.07, 6.45) is 7.45. The summed E-state index contributed by atoms with van der Waals surface area (Å²) in [4.78, 5) is 11.4. The Morgan fingerprint density at radius 2 is 2.05 bits per heavy atom. The molecule has 1 saturated heterocycles. The Morgan fingerprint density at radius 3 is 2.70 bits per heavy atom. The molecule has 1 saturated carbocycles. The zero-order valence-electron chi connectivity index (χ0n) is 23.8. The van der Waals surface area contributed by atoms with Crippen molar-refractivity contribution in [1.82, 2.24) is 20.2 Å². The minimum atomic E-state index is -3.83. The molecule has 10 nitrogen and oxygen atoms in total. The van der Waals surface area contributed by atoms with Crippen LogP contribution in [0.3, 0.4) is 0 Å². The molecule has 4 N–H and O–H groups in total. The Labute approximate surface area is 242 Å². The molecule has 1 aliphatic carbocycles. The molecule has 4 rings (SSSR count). The molecule has 1 aromatic carbocycles. The average molecular weight is 590 g/mol. The van der Waals surface area contributed by atoms with Gasteiger partial charge in [-0.3, -0.25) is 5.41 Å². The van der Waals surface area contributed by atoms with Crippen molar-refractivity contribution in [3.8, 4) is 5.75 Å². The highest BCUT2D eigenvalue weighted by Crippen LogP contribution is 2.39. The van der Waals surface area contributed by atoms with Gasteiger partial charge in [-0.2, -0.15) is 4.98 Å². The number of aromatic nitrogens is 2. The Bertz CT molecular complexity index is 1380. The number of rotatable bonds is 11. The van der Waals surface area contributed by atoms with Crippen molar-refractivity contribution >= 4 is 43.9 Å². The molecule has 1 atom stereocenters. The number of aryl methyl sites for hydroxylation is 1. The van der Waals surface area contributed by atoms with Crippen molar-refractivity contribution < 1.29 is 13.2 Å². The Hall–Kier alpha value is -2.89. The Morgan fingerprint density at radius 1 is 1.30 bits per heavy atom. The third-order valence-corrected chi connectivity index (χ3v) is 9.57. The molecule has 1 unspecified atom stereocenters. The molecule has 2 heterocycles. The predicted molar refractivity (Wildman–Crippen MR) is 162 cm³/mol. The van der Waals surface area contributed by atoms with E-state index in [1.54, 1.807) is 7.05 Å². The molecular formula is C28H40ClN7O3S. The van der Waals surface area contributed by atoms with Crippen LogP contribution in [-0.4, -0.2) is 66.4 Å². The fraction of sp³-hybridized carbons (Fsp3) is 0.536. The SMILES string of the molecule is CCN1CCCC(c2cc(OC3CC3)c(Nc3ncc(Cl)c(N/C(=C/NC)C(=N)S(=O)(=O)C(C)C)n3)cc2C)C1. The maximum absolute atomic E-state index is 12.6. The molecule has 2 aromatic rings. The minimum absolute atomic E-state index is 0.0225. The summed E-state index contributed by atoms with van der Waals surface area (Å²) in [5.41, 5.74) is 3.26. The van der Waals surface area contributed by atoms with Crippen LogP contribution in [0.25, 0.3) is 0 Å². The lowest BCUT2D eigenvalue weighted by Gasteiger charge is -2.33. The number of hydrogen-bond acceptors (Lipinski definition) is 10. The number of likely N-dealkylation sites (N-methyl/N-ethyl adjacent to an activating group) is 1. The summed E-state index contributed by atoms with van der Waals surface area (Å²) >= 11 is 6.38. The molecule has 2 fully saturated rings. The number of hydrogen-bond donors (Lipinski definition) is 4. The minimum Gasteiger partial charge on any atom is -0.488 e. The van der Waals surface area contributed by atoms with Crippen LogP contribution in [0.5, 0.6) is 5.75 Å². The number of ether oxygens (including phenoxy) is 1. The van der Waals surface area contributed by atoms with Gasteiger partial charge in [-0.05, 0) is 88.7 Å². The number of anilines is 3. The predicted octanol–water partition coefficient (Wildman–Crippen LogP) is 5.20. The monoisotopic (exact) mass is 589 g/mol. The molecule has 2 aliphatic rings. The van der Waals surface area contributed by atoms with E-state index in [4.69, 9.17) is 21.7 Å². The average Bonchev–Trinajstić information content (AvgIpc) is 3.75. The molecule has 0 amide bonds. The van der Waals surface area contributed by atoms with Gasteiger partial charge < -0.3 is 25.6 Å². The first-order valence-corrected chi connectivity index (χ1v) is 15.8. The fourth-order valence-corrected chi connectivity index (χ4v) is 5.78. The summed E-state index contributed by atoms with van der Waals surface area (Å²) in [6.45, 7) is 10.6. The summed E-state index contributed by atoms with van der Waals surface area (Å²) < 4.78 is 31.6. The van der Waals surface area contributed by atoms with Crippen LogP contribution in [0.15, 0.2) is 30.2 Å². The first-order valence-electron chi connectivity index (χ1n) is 13.8. The van der Waals surface area contributed by atoms with E-state index in [0.29, 0.717) is 5.92 Å². The van der Waals surface area contributed by atoms with Gasteiger partial charge in [-0.15, -0.1) is 0 Å². The van der Waals surface area contributed by atoms with Crippen molar-refractivity contribution in [2.75, 3.05) is 37.3 Å². The van der Waals surface area contributed by atoms with E-state index < -0.39 is 20.1 Å². The normalized spacial score (nSPS) is 18.5. The van der Waals surface area contributed by atoms with Crippen LogP contribution in [-0.2, 0) is 9.84 Å². The number of halogens is 1. The van der Waals surface area contributed by atoms with Crippen molar-refractivity contribution in [3.05, 3.63) is 46.4 Å². The van der Waals surface area contributed by atoms with Gasteiger partial charge in [-0.1, -0.05) is 18.5 Å². The van der Waals surface area contributed by atoms with Gasteiger partial charge in [0.25, 0.3) is 0 Å². The van der Waals surface area contributed by atoms with Crippen LogP contribution in [0.2, 0.25) is 5.02 Å². The molecule has 0 spiro atoms. The van der Waals surface area contributed by atoms with E-state index in [1.807, 2.05) is 0 Å². The first kappa shape index (κ1) is 30.1. The molecule has 0 bridgehead atoms. The van der Waals surface area contributed by atoms with Crippen LogP contribution in [0, 0.1) is 12.3 Å². The molecule has 0 radical (unpaired) electrons. The van der Waals surface area contributed by atoms with E-state index in [9.17, 15) is 8.42 Å². The highest BCUT2D eigenvalue weighted by Gasteiger charge is 2.29. The van der Waals surface area contributed by atoms with Crippen LogP contribution < -0.4 is 20.7 Å². The number of sulfone groups is 1. The van der Waals surface area contributed by atoms with Crippen LogP contribution in [0.1, 0.15) is 63.5 Å². The maximum atomic E-state index is 12.6. The fourth-order valence-electron chi connectivity index (χ4n) is 4.76. The largest absolute Gasteiger partial charge is 0.488 e. The topological polar surface area (TPSA) is 132 Å². The van der Waals surface area contributed by atoms with Crippen LogP contribution >= 0.6 is 11.6 Å². The van der Waals surface area contributed by atoms with Gasteiger partial charge >= 0.3 is 0 Å². The van der Waals surface area contributed by atoms with Gasteiger partial charge in [0.2, 0.25) is 5.95 Å². The molecular weight excluding hydrogens is 550 g/mol. The molecule has 1 aliphatic heterocycles. The quantitative estimate of drug-likeness (QED) is 0.206. The van der Waals surface area contributed by atoms with Gasteiger partial charge in [-0.25, -0.2) is 13.4 Å². The number of nitrogens with one attached hydrogen (secondary N) is 4. The second kappa shape index (κ2) is 12.7. The van der Waals surface area contributed by atoms with Gasteiger partial charge in [0.15, 0.2) is 20.7 Å². The second-order valence-corrected chi connectivity index (χ2v) is 13.5. The second-order valence-electron chi connectivity index (χ2n) is 10.7. The number of piperidine rings is 1. The zero-order valence-corrected chi connectivity index (χ0v) is 25.4. The van der Waals surface area contributed by atoms with Crippen molar-refractivity contribution in [3.63, 3.8) is 0 Å². The molecule has 12 heteroatoms. The van der Waals surface area contributed by atoms with E-state index in [0.717, 1.165) is 50.3 Å². The van der Waals surface area contributed by atoms with Gasteiger partial charge in [0, 0.05) is 19.8 Å². The Kier molecular flexibility index (Phi) is 9.58. The van der Waals surface area contributed by atoms with E-state index in [1.165, 1.54) is 43.8 Å². The summed E-state index contributed by atoms with van der Waals surface area (Å²) in [5, 5.41) is 16.1. The van der Waals surface area contributed by atoms with E-state index in [-0.39, 0.29) is 28.6 Å². The molecule has 40 heavy (non-hydrogen) atoms. The highest BCUT2D eigenvalue weighted by atomic mass is 35.5. The third kappa shape index (κ3) is 7.05. The van der Waals surface area contributed by atoms with Crippen molar-refractivity contribution in [2.24, 2.45) is 0 Å². The number of benzene rings is 1. The lowest BCUT2D eigenvalue weighted by atomic mass is 9.87. The summed E-state index contributed by atoms with van der Waals surface area (Å²) in [7, 11) is -2.22. The third-order valence-electron chi connectivity index (χ3n) is 7.26. The summed E-state index contributed by atoms with van der Waals surface area (Å²) in [6, 6.07) is 4.25. The Balaban J connectivity index is 1.62. The van der Waals surface area contributed by atoms with Gasteiger partial charge in [0.1, 0.15) is 10.8 Å². The lowest BCUT2D eigenvalue weighted by Crippen LogP contribution is -2.34. The summed E-state index contributed by atoms with van der Waals surface area (Å²) in [5.74, 6) is 1.66. The van der Waals surface area contributed by atoms with Crippen LogP contribution in [0.4, 0.5) is 17.5 Å². The zero-order chi connectivity index (χ0) is 29.0. The maximum Gasteiger partial charge on any atom is 0.229 e.